The quantitative estimate of drug-likeness (QED) is 0.119. The van der Waals surface area contributed by atoms with E-state index in [0.29, 0.717) is 0 Å². The van der Waals surface area contributed by atoms with Gasteiger partial charge in [0.15, 0.2) is 0 Å². The van der Waals surface area contributed by atoms with Crippen molar-refractivity contribution in [2.24, 2.45) is 0 Å². The molecule has 0 atom stereocenters. The van der Waals surface area contributed by atoms with Gasteiger partial charge in [-0.2, -0.15) is 0 Å². The van der Waals surface area contributed by atoms with Crippen LogP contribution in [0, 0.1) is 0 Å². The molecule has 1 aliphatic carbocycles. The molecule has 0 unspecified atom stereocenters. The van der Waals surface area contributed by atoms with Gasteiger partial charge in [-0.15, -0.1) is 6.58 Å². The molecule has 0 saturated carbocycles. The summed E-state index contributed by atoms with van der Waals surface area (Å²) in [6.45, 7) is 14.7. The molecule has 6 aromatic rings. The molecule has 0 radical (unpaired) electrons. The van der Waals surface area contributed by atoms with Crippen molar-refractivity contribution < 1.29 is 0 Å². The molecular formula is C41H37N. The molecule has 1 heteroatoms. The van der Waals surface area contributed by atoms with Crippen LogP contribution >= 0.6 is 0 Å². The van der Waals surface area contributed by atoms with Crippen LogP contribution in [0.25, 0.3) is 43.4 Å². The van der Waals surface area contributed by atoms with Crippen LogP contribution in [0.5, 0.6) is 0 Å². The molecule has 0 amide bonds. The van der Waals surface area contributed by atoms with Gasteiger partial charge in [-0.25, -0.2) is 0 Å². The smallest absolute Gasteiger partial charge is 0.0420 e. The lowest BCUT2D eigenvalue weighted by atomic mass is 9.78. The van der Waals surface area contributed by atoms with Crippen LogP contribution in [0.15, 0.2) is 147 Å². The Bertz CT molecular complexity index is 1970. The predicted octanol–water partition coefficient (Wildman–Crippen LogP) is 11.5. The van der Waals surface area contributed by atoms with Crippen molar-refractivity contribution in [3.05, 3.63) is 158 Å². The van der Waals surface area contributed by atoms with Crippen molar-refractivity contribution in [2.75, 3.05) is 11.4 Å². The van der Waals surface area contributed by atoms with E-state index in [2.05, 4.69) is 147 Å². The molecule has 7 rings (SSSR count). The Morgan fingerprint density at radius 2 is 1.26 bits per heavy atom. The van der Waals surface area contributed by atoms with Gasteiger partial charge in [0.25, 0.3) is 0 Å². The van der Waals surface area contributed by atoms with Crippen molar-refractivity contribution in [3.8, 4) is 11.1 Å². The second kappa shape index (κ2) is 11.2. The summed E-state index contributed by atoms with van der Waals surface area (Å²) in [5, 5.41) is 7.98. The van der Waals surface area contributed by atoms with Gasteiger partial charge in [0, 0.05) is 23.3 Å². The molecule has 1 aliphatic rings. The van der Waals surface area contributed by atoms with E-state index < -0.39 is 0 Å². The Hall–Kier alpha value is -4.88. The number of hydrogen-bond donors (Lipinski definition) is 0. The van der Waals surface area contributed by atoms with Crippen LogP contribution in [0.2, 0.25) is 0 Å². The fraction of sp³-hybridized carbons (Fsp3) is 0.122. The molecule has 0 N–H and O–H groups in total. The third kappa shape index (κ3) is 4.43. The Kier molecular flexibility index (Phi) is 7.27. The topological polar surface area (TPSA) is 3.24 Å². The van der Waals surface area contributed by atoms with Crippen molar-refractivity contribution in [3.63, 3.8) is 0 Å². The molecule has 0 saturated heterocycles. The first-order valence-electron chi connectivity index (χ1n) is 14.7. The standard InChI is InChI=1S/C38H31N.C3H6/c1-4-5-13-24-39(27-14-7-6-8-15-27)28-21-23-29-26(25-28)20-22-34-35-32-18-11-9-16-30(32)31-17-10-12-19-33(31)37(35)38(2,3)36(29)34;1-3-2/h4-23,25H,1,24H2,2-3H3;3H,1H2,2H3/b13-5-;. The number of anilines is 2. The molecule has 0 fully saturated rings. The van der Waals surface area contributed by atoms with E-state index in [0.717, 1.165) is 6.54 Å². The number of rotatable bonds is 5. The number of benzene rings is 6. The lowest BCUT2D eigenvalue weighted by Crippen LogP contribution is -2.17. The number of nitrogens with zero attached hydrogens (tertiary/aromatic N) is 1. The Morgan fingerprint density at radius 3 is 1.95 bits per heavy atom. The minimum Gasteiger partial charge on any atom is -0.338 e. The van der Waals surface area contributed by atoms with Crippen LogP contribution in [0.3, 0.4) is 0 Å². The Balaban J connectivity index is 0.00000101. The number of hydrogen-bond acceptors (Lipinski definition) is 1. The zero-order valence-corrected chi connectivity index (χ0v) is 24.8. The molecule has 0 aromatic heterocycles. The molecule has 42 heavy (non-hydrogen) atoms. The maximum atomic E-state index is 3.84. The second-order valence-corrected chi connectivity index (χ2v) is 11.4. The number of allylic oxidation sites excluding steroid dienone is 3. The maximum Gasteiger partial charge on any atom is 0.0420 e. The summed E-state index contributed by atoms with van der Waals surface area (Å²) in [6, 6.07) is 40.1. The van der Waals surface area contributed by atoms with Crippen molar-refractivity contribution >= 4 is 43.7 Å². The zero-order valence-electron chi connectivity index (χ0n) is 24.8. The fourth-order valence-corrected chi connectivity index (χ4v) is 6.79. The minimum absolute atomic E-state index is 0.124. The van der Waals surface area contributed by atoms with E-state index in [1.165, 1.54) is 65.9 Å². The molecule has 0 spiro atoms. The third-order valence-corrected chi connectivity index (χ3v) is 8.40. The van der Waals surface area contributed by atoms with Crippen LogP contribution < -0.4 is 4.90 Å². The van der Waals surface area contributed by atoms with E-state index in [-0.39, 0.29) is 5.41 Å². The van der Waals surface area contributed by atoms with Gasteiger partial charge >= 0.3 is 0 Å². The average Bonchev–Trinajstić information content (AvgIpc) is 3.27. The van der Waals surface area contributed by atoms with E-state index in [4.69, 9.17) is 0 Å². The van der Waals surface area contributed by atoms with E-state index in [1.807, 2.05) is 19.1 Å². The largest absolute Gasteiger partial charge is 0.338 e. The summed E-state index contributed by atoms with van der Waals surface area (Å²) < 4.78 is 0. The van der Waals surface area contributed by atoms with Crippen LogP contribution in [-0.2, 0) is 5.41 Å². The average molecular weight is 544 g/mol. The van der Waals surface area contributed by atoms with E-state index in [9.17, 15) is 0 Å². The highest BCUT2D eigenvalue weighted by molar-refractivity contribution is 6.19. The zero-order chi connectivity index (χ0) is 29.3. The van der Waals surface area contributed by atoms with E-state index >= 15 is 0 Å². The molecule has 0 aliphatic heterocycles. The van der Waals surface area contributed by atoms with E-state index in [1.54, 1.807) is 6.08 Å². The minimum atomic E-state index is -0.124. The van der Waals surface area contributed by atoms with Gasteiger partial charge in [-0.1, -0.05) is 130 Å². The van der Waals surface area contributed by atoms with Crippen LogP contribution in [0.4, 0.5) is 11.4 Å². The first kappa shape index (κ1) is 27.3. The first-order chi connectivity index (χ1) is 20.5. The summed E-state index contributed by atoms with van der Waals surface area (Å²) in [4.78, 5) is 2.35. The normalized spacial score (nSPS) is 13.0. The fourth-order valence-electron chi connectivity index (χ4n) is 6.79. The highest BCUT2D eigenvalue weighted by Gasteiger charge is 2.39. The molecule has 0 heterocycles. The second-order valence-electron chi connectivity index (χ2n) is 11.4. The van der Waals surface area contributed by atoms with Crippen LogP contribution in [0.1, 0.15) is 31.9 Å². The Morgan fingerprint density at radius 1 is 0.643 bits per heavy atom. The number of para-hydroxylation sites is 1. The van der Waals surface area contributed by atoms with Gasteiger partial charge in [-0.3, -0.25) is 0 Å². The van der Waals surface area contributed by atoms with Gasteiger partial charge in [0.2, 0.25) is 0 Å². The van der Waals surface area contributed by atoms with Gasteiger partial charge in [0.1, 0.15) is 0 Å². The summed E-state index contributed by atoms with van der Waals surface area (Å²) in [5.41, 5.74) is 7.89. The summed E-state index contributed by atoms with van der Waals surface area (Å²) >= 11 is 0. The van der Waals surface area contributed by atoms with Crippen molar-refractivity contribution in [1.82, 2.24) is 0 Å². The summed E-state index contributed by atoms with van der Waals surface area (Å²) in [6.07, 6.45) is 7.75. The molecule has 0 bridgehead atoms. The van der Waals surface area contributed by atoms with Crippen molar-refractivity contribution in [1.29, 1.82) is 0 Å². The third-order valence-electron chi connectivity index (χ3n) is 8.40. The molecule has 6 aromatic carbocycles. The molecular weight excluding hydrogens is 506 g/mol. The van der Waals surface area contributed by atoms with Gasteiger partial charge in [0.05, 0.1) is 0 Å². The lowest BCUT2D eigenvalue weighted by molar-refractivity contribution is 0.672. The SMILES string of the molecule is C=C/C=C\CN(c1ccccc1)c1ccc2c3c(ccc2c1)-c1c(c2ccccc2c2ccccc12)C3(C)C.C=CC. The molecule has 1 nitrogen and oxygen atoms in total. The predicted molar refractivity (Wildman–Crippen MR) is 185 cm³/mol. The lowest BCUT2D eigenvalue weighted by Gasteiger charge is -2.27. The summed E-state index contributed by atoms with van der Waals surface area (Å²) in [7, 11) is 0. The highest BCUT2D eigenvalue weighted by Crippen LogP contribution is 2.56. The number of fused-ring (bicyclic) bond motifs is 10. The highest BCUT2D eigenvalue weighted by atomic mass is 15.1. The molecule has 206 valence electrons. The van der Waals surface area contributed by atoms with Crippen LogP contribution in [-0.4, -0.2) is 6.54 Å². The maximum absolute atomic E-state index is 3.84. The first-order valence-corrected chi connectivity index (χ1v) is 14.7. The monoisotopic (exact) mass is 543 g/mol. The van der Waals surface area contributed by atoms with Gasteiger partial charge < -0.3 is 4.90 Å². The van der Waals surface area contributed by atoms with Gasteiger partial charge in [-0.05, 0) is 85.8 Å². The summed E-state index contributed by atoms with van der Waals surface area (Å²) in [5.74, 6) is 0. The Labute approximate surface area is 249 Å². The van der Waals surface area contributed by atoms with Crippen molar-refractivity contribution in [2.45, 2.75) is 26.2 Å².